The number of ketones is 1. The van der Waals surface area contributed by atoms with Crippen molar-refractivity contribution in [3.63, 3.8) is 0 Å². The van der Waals surface area contributed by atoms with Gasteiger partial charge in [0.05, 0.1) is 0 Å². The fourth-order valence-electron chi connectivity index (χ4n) is 5.83. The minimum atomic E-state index is 0.164. The van der Waals surface area contributed by atoms with Crippen molar-refractivity contribution in [1.82, 2.24) is 10.6 Å². The number of unbranched alkanes of at least 4 members (excludes halogenated alkanes) is 4. The molecular weight excluding hydrogens is 308 g/mol. The van der Waals surface area contributed by atoms with E-state index in [0.29, 0.717) is 29.8 Å². The van der Waals surface area contributed by atoms with Gasteiger partial charge < -0.3 is 10.6 Å². The molecule has 3 heteroatoms. The van der Waals surface area contributed by atoms with Gasteiger partial charge in [-0.15, -0.1) is 0 Å². The van der Waals surface area contributed by atoms with Crippen molar-refractivity contribution in [3.05, 3.63) is 0 Å². The van der Waals surface area contributed by atoms with E-state index in [1.54, 1.807) is 0 Å². The quantitative estimate of drug-likeness (QED) is 0.668. The van der Waals surface area contributed by atoms with Crippen LogP contribution >= 0.6 is 0 Å². The highest BCUT2D eigenvalue weighted by Crippen LogP contribution is 2.44. The minimum Gasteiger partial charge on any atom is -0.313 e. The van der Waals surface area contributed by atoms with Gasteiger partial charge in [0.15, 0.2) is 0 Å². The van der Waals surface area contributed by atoms with Crippen LogP contribution in [-0.4, -0.2) is 30.5 Å². The molecule has 2 saturated carbocycles. The average molecular weight is 349 g/mol. The zero-order valence-electron chi connectivity index (χ0n) is 16.8. The number of fused-ring (bicyclic) bond motifs is 2. The summed E-state index contributed by atoms with van der Waals surface area (Å²) in [6.45, 7) is 7.90. The molecule has 3 rings (SSSR count). The molecule has 3 nitrogen and oxygen atoms in total. The molecule has 3 fully saturated rings. The van der Waals surface area contributed by atoms with Crippen molar-refractivity contribution in [2.24, 2.45) is 17.3 Å². The Balaban J connectivity index is 1.64. The first kappa shape index (κ1) is 19.4. The van der Waals surface area contributed by atoms with E-state index in [0.717, 1.165) is 19.4 Å². The van der Waals surface area contributed by atoms with E-state index in [9.17, 15) is 4.79 Å². The lowest BCUT2D eigenvalue weighted by atomic mass is 9.61. The number of hydrogen-bond donors (Lipinski definition) is 2. The summed E-state index contributed by atoms with van der Waals surface area (Å²) >= 11 is 0. The minimum absolute atomic E-state index is 0.164. The fraction of sp³-hybridized carbons (Fsp3) is 0.955. The standard InChI is InChI=1S/C22H40N2O/c1-4-5-6-7-10-13-23-21-16-11-8-9-12-17(16)24-18-14-22(2,3)15-19(25)20(18)21/h16-18,20-21,23-24H,4-15H2,1-3H3. The lowest BCUT2D eigenvalue weighted by Crippen LogP contribution is -2.68. The summed E-state index contributed by atoms with van der Waals surface area (Å²) < 4.78 is 0. The van der Waals surface area contributed by atoms with Crippen LogP contribution in [0, 0.1) is 17.3 Å². The maximum Gasteiger partial charge on any atom is 0.139 e. The van der Waals surface area contributed by atoms with Crippen LogP contribution in [0.25, 0.3) is 0 Å². The largest absolute Gasteiger partial charge is 0.313 e. The fourth-order valence-corrected chi connectivity index (χ4v) is 5.83. The van der Waals surface area contributed by atoms with Gasteiger partial charge in [0.2, 0.25) is 0 Å². The van der Waals surface area contributed by atoms with Gasteiger partial charge in [0.1, 0.15) is 5.78 Å². The molecule has 1 saturated heterocycles. The third-order valence-corrected chi connectivity index (χ3v) is 6.99. The molecule has 0 spiro atoms. The first-order valence-corrected chi connectivity index (χ1v) is 11.0. The number of nitrogens with one attached hydrogen (secondary N) is 2. The topological polar surface area (TPSA) is 41.1 Å². The van der Waals surface area contributed by atoms with E-state index < -0.39 is 0 Å². The molecule has 0 amide bonds. The van der Waals surface area contributed by atoms with Gasteiger partial charge in [0.25, 0.3) is 0 Å². The number of rotatable bonds is 7. The molecule has 1 heterocycles. The first-order chi connectivity index (χ1) is 12.0. The highest BCUT2D eigenvalue weighted by atomic mass is 16.1. The second-order valence-electron chi connectivity index (χ2n) is 9.76. The van der Waals surface area contributed by atoms with Gasteiger partial charge >= 0.3 is 0 Å². The molecule has 25 heavy (non-hydrogen) atoms. The zero-order chi connectivity index (χ0) is 17.9. The molecule has 0 aromatic rings. The van der Waals surface area contributed by atoms with Gasteiger partial charge in [-0.3, -0.25) is 4.79 Å². The normalized spacial score (nSPS) is 37.4. The lowest BCUT2D eigenvalue weighted by Gasteiger charge is -2.54. The Labute approximate surface area is 155 Å². The molecule has 0 bridgehead atoms. The molecule has 5 unspecified atom stereocenters. The summed E-state index contributed by atoms with van der Waals surface area (Å²) in [5, 5.41) is 7.82. The monoisotopic (exact) mass is 348 g/mol. The maximum atomic E-state index is 13.0. The Morgan fingerprint density at radius 2 is 1.84 bits per heavy atom. The van der Waals surface area contributed by atoms with Gasteiger partial charge in [-0.2, -0.15) is 0 Å². The van der Waals surface area contributed by atoms with E-state index in [1.165, 1.54) is 57.8 Å². The highest BCUT2D eigenvalue weighted by Gasteiger charge is 2.51. The second kappa shape index (κ2) is 8.52. The molecule has 5 atom stereocenters. The van der Waals surface area contributed by atoms with Crippen molar-refractivity contribution in [2.75, 3.05) is 6.54 Å². The predicted molar refractivity (Wildman–Crippen MR) is 105 cm³/mol. The van der Waals surface area contributed by atoms with Crippen molar-refractivity contribution in [3.8, 4) is 0 Å². The predicted octanol–water partition coefficient (Wildman–Crippen LogP) is 4.45. The number of hydrogen-bond acceptors (Lipinski definition) is 3. The van der Waals surface area contributed by atoms with Crippen molar-refractivity contribution in [1.29, 1.82) is 0 Å². The third-order valence-electron chi connectivity index (χ3n) is 6.99. The number of Topliss-reactive ketones (excluding diaryl/α,β-unsaturated/α-hetero) is 1. The van der Waals surface area contributed by atoms with Gasteiger partial charge in [-0.25, -0.2) is 0 Å². The number of carbonyl (C=O) groups excluding carboxylic acids is 1. The summed E-state index contributed by atoms with van der Waals surface area (Å²) in [7, 11) is 0. The van der Waals surface area contributed by atoms with E-state index in [2.05, 4.69) is 31.4 Å². The Kier molecular flexibility index (Phi) is 6.60. The summed E-state index contributed by atoms with van der Waals surface area (Å²) in [6.07, 6.45) is 13.8. The Bertz CT molecular complexity index is 447. The molecule has 144 valence electrons. The number of piperidine rings is 1. The summed E-state index contributed by atoms with van der Waals surface area (Å²) in [5.41, 5.74) is 0.164. The van der Waals surface area contributed by atoms with Crippen LogP contribution in [0.4, 0.5) is 0 Å². The zero-order valence-corrected chi connectivity index (χ0v) is 16.8. The summed E-state index contributed by atoms with van der Waals surface area (Å²) in [5.74, 6) is 1.39. The van der Waals surface area contributed by atoms with Crippen LogP contribution in [0.1, 0.15) is 91.4 Å². The highest BCUT2D eigenvalue weighted by molar-refractivity contribution is 5.84. The molecule has 0 radical (unpaired) electrons. The SMILES string of the molecule is CCCCCCCNC1C2CCCCC2NC2CC(C)(C)CC(=O)C21. The van der Waals surface area contributed by atoms with Crippen LogP contribution in [0.2, 0.25) is 0 Å². The molecule has 0 aromatic heterocycles. The van der Waals surface area contributed by atoms with Crippen LogP contribution in [0.15, 0.2) is 0 Å². The van der Waals surface area contributed by atoms with E-state index >= 15 is 0 Å². The molecule has 1 aliphatic heterocycles. The first-order valence-electron chi connectivity index (χ1n) is 11.0. The number of carbonyl (C=O) groups is 1. The Morgan fingerprint density at radius 3 is 2.64 bits per heavy atom. The maximum absolute atomic E-state index is 13.0. The summed E-state index contributed by atoms with van der Waals surface area (Å²) in [4.78, 5) is 13.0. The van der Waals surface area contributed by atoms with Crippen molar-refractivity contribution in [2.45, 2.75) is 110 Å². The Hall–Kier alpha value is -0.410. The van der Waals surface area contributed by atoms with Crippen LogP contribution in [0.5, 0.6) is 0 Å². The van der Waals surface area contributed by atoms with Crippen LogP contribution in [0.3, 0.4) is 0 Å². The van der Waals surface area contributed by atoms with Crippen molar-refractivity contribution < 1.29 is 4.79 Å². The molecule has 3 aliphatic rings. The second-order valence-corrected chi connectivity index (χ2v) is 9.76. The molecule has 0 aromatic carbocycles. The average Bonchev–Trinajstić information content (AvgIpc) is 2.55. The Morgan fingerprint density at radius 1 is 1.08 bits per heavy atom. The van der Waals surface area contributed by atoms with Crippen LogP contribution < -0.4 is 10.6 Å². The van der Waals surface area contributed by atoms with E-state index in [4.69, 9.17) is 0 Å². The molecular formula is C22H40N2O. The molecule has 2 aliphatic carbocycles. The van der Waals surface area contributed by atoms with Gasteiger partial charge in [-0.1, -0.05) is 59.3 Å². The molecule has 2 N–H and O–H groups in total. The van der Waals surface area contributed by atoms with E-state index in [1.807, 2.05) is 0 Å². The van der Waals surface area contributed by atoms with Crippen molar-refractivity contribution >= 4 is 5.78 Å². The van der Waals surface area contributed by atoms with Gasteiger partial charge in [-0.05, 0) is 43.6 Å². The van der Waals surface area contributed by atoms with E-state index in [-0.39, 0.29) is 11.3 Å². The smallest absolute Gasteiger partial charge is 0.139 e. The third kappa shape index (κ3) is 4.66. The van der Waals surface area contributed by atoms with Gasteiger partial charge in [0, 0.05) is 30.5 Å². The lowest BCUT2D eigenvalue weighted by molar-refractivity contribution is -0.134. The van der Waals surface area contributed by atoms with Crippen LogP contribution in [-0.2, 0) is 4.79 Å². The summed E-state index contributed by atoms with van der Waals surface area (Å²) in [6, 6.07) is 1.45.